The van der Waals surface area contributed by atoms with E-state index in [0.717, 1.165) is 43.0 Å². The summed E-state index contributed by atoms with van der Waals surface area (Å²) in [6, 6.07) is 18.2. The molecule has 1 fully saturated rings. The lowest BCUT2D eigenvalue weighted by atomic mass is 9.90. The monoisotopic (exact) mass is 501 g/mol. The van der Waals surface area contributed by atoms with Gasteiger partial charge in [0.15, 0.2) is 12.3 Å². The van der Waals surface area contributed by atoms with Gasteiger partial charge in [0.25, 0.3) is 5.56 Å². The van der Waals surface area contributed by atoms with Crippen LogP contribution in [0, 0.1) is 0 Å². The van der Waals surface area contributed by atoms with Crippen molar-refractivity contribution < 1.29 is 24.6 Å². The molecule has 188 valence electrons. The van der Waals surface area contributed by atoms with E-state index in [-0.39, 0.29) is 0 Å². The molecule has 4 aromatic carbocycles. The number of aliphatic hydroxyl groups excluding tert-OH is 2. The van der Waals surface area contributed by atoms with Gasteiger partial charge in [0.1, 0.15) is 24.5 Å². The third-order valence-electron chi connectivity index (χ3n) is 6.98. The molecule has 10 nitrogen and oxygen atoms in total. The fourth-order valence-electron chi connectivity index (χ4n) is 5.19. The molecule has 0 bridgehead atoms. The number of aldehydes is 1. The van der Waals surface area contributed by atoms with Crippen LogP contribution in [0.25, 0.3) is 32.3 Å². The van der Waals surface area contributed by atoms with Crippen molar-refractivity contribution in [2.75, 3.05) is 6.61 Å². The standard InChI is InChI=1S/C27H23N3O7/c31-12-19(17-8-6-16-5-4-14-2-1-3-15-7-9-18(17)23(16)22(14)15)29-37-25-24(34)20(13-32)36-26(25)30-11-10-21(33)28-27(30)35/h1-12,19-20,24-26,29,32,34H,13H2,(H,28,33,35)/t19?,20-,24+,25-,26-/m1/s1. The fourth-order valence-corrected chi connectivity index (χ4v) is 5.19. The third kappa shape index (κ3) is 3.82. The van der Waals surface area contributed by atoms with Crippen molar-refractivity contribution in [2.24, 2.45) is 0 Å². The number of rotatable bonds is 7. The summed E-state index contributed by atoms with van der Waals surface area (Å²) >= 11 is 0. The molecule has 10 heteroatoms. The minimum absolute atomic E-state index is 0.526. The van der Waals surface area contributed by atoms with Crippen LogP contribution in [-0.4, -0.2) is 51.0 Å². The Morgan fingerprint density at radius 1 is 1.03 bits per heavy atom. The number of carbonyl (C=O) groups is 1. The Labute approximate surface area is 209 Å². The molecule has 0 saturated carbocycles. The number of aromatic amines is 1. The Morgan fingerprint density at radius 3 is 2.43 bits per heavy atom. The predicted molar refractivity (Wildman–Crippen MR) is 135 cm³/mol. The second-order valence-corrected chi connectivity index (χ2v) is 9.08. The summed E-state index contributed by atoms with van der Waals surface area (Å²) < 4.78 is 6.70. The second kappa shape index (κ2) is 9.18. The van der Waals surface area contributed by atoms with E-state index in [1.165, 1.54) is 6.20 Å². The predicted octanol–water partition coefficient (Wildman–Crippen LogP) is 1.51. The van der Waals surface area contributed by atoms with Gasteiger partial charge in [-0.25, -0.2) is 4.79 Å². The van der Waals surface area contributed by atoms with Crippen LogP contribution in [0.15, 0.2) is 76.4 Å². The van der Waals surface area contributed by atoms with E-state index in [9.17, 15) is 24.6 Å². The first kappa shape index (κ1) is 23.5. The van der Waals surface area contributed by atoms with E-state index in [2.05, 4.69) is 16.5 Å². The average molecular weight is 501 g/mol. The van der Waals surface area contributed by atoms with Crippen LogP contribution in [0.4, 0.5) is 0 Å². The third-order valence-corrected chi connectivity index (χ3v) is 6.98. The Kier molecular flexibility index (Phi) is 5.82. The van der Waals surface area contributed by atoms with Gasteiger partial charge < -0.3 is 19.7 Å². The highest BCUT2D eigenvalue weighted by Crippen LogP contribution is 2.37. The van der Waals surface area contributed by atoms with Gasteiger partial charge in [-0.3, -0.25) is 19.2 Å². The lowest BCUT2D eigenvalue weighted by molar-refractivity contribution is -0.133. The van der Waals surface area contributed by atoms with Crippen LogP contribution in [0.2, 0.25) is 0 Å². The van der Waals surface area contributed by atoms with Crippen molar-refractivity contribution in [2.45, 2.75) is 30.6 Å². The Morgan fingerprint density at radius 2 is 1.73 bits per heavy atom. The van der Waals surface area contributed by atoms with Crippen molar-refractivity contribution in [1.82, 2.24) is 15.0 Å². The molecular weight excluding hydrogens is 478 g/mol. The molecule has 4 N–H and O–H groups in total. The van der Waals surface area contributed by atoms with Gasteiger partial charge in [-0.2, -0.15) is 5.48 Å². The highest BCUT2D eigenvalue weighted by Gasteiger charge is 2.46. The van der Waals surface area contributed by atoms with E-state index >= 15 is 0 Å². The molecule has 1 aromatic heterocycles. The number of aliphatic hydroxyl groups is 2. The summed E-state index contributed by atoms with van der Waals surface area (Å²) in [5, 5.41) is 26.6. The first-order chi connectivity index (χ1) is 18.0. The quantitative estimate of drug-likeness (QED) is 0.149. The van der Waals surface area contributed by atoms with Crippen LogP contribution >= 0.6 is 0 Å². The number of aromatic nitrogens is 2. The summed E-state index contributed by atoms with van der Waals surface area (Å²) in [5.74, 6) is 0. The number of carbonyl (C=O) groups excluding carboxylic acids is 1. The van der Waals surface area contributed by atoms with E-state index < -0.39 is 48.4 Å². The maximum atomic E-state index is 12.4. The van der Waals surface area contributed by atoms with Crippen LogP contribution in [0.1, 0.15) is 17.8 Å². The zero-order chi connectivity index (χ0) is 25.7. The Bertz CT molecular complexity index is 1710. The summed E-state index contributed by atoms with van der Waals surface area (Å²) in [7, 11) is 0. The number of hydroxylamine groups is 1. The zero-order valence-corrected chi connectivity index (χ0v) is 19.4. The Balaban J connectivity index is 1.36. The molecule has 0 aliphatic carbocycles. The number of H-pyrrole nitrogens is 1. The van der Waals surface area contributed by atoms with Gasteiger partial charge in [0.05, 0.1) is 6.61 Å². The van der Waals surface area contributed by atoms with E-state index in [4.69, 9.17) is 9.57 Å². The highest BCUT2D eigenvalue weighted by atomic mass is 16.7. The lowest BCUT2D eigenvalue weighted by Gasteiger charge is -2.24. The number of ether oxygens (including phenoxy) is 1. The second-order valence-electron chi connectivity index (χ2n) is 9.08. The minimum atomic E-state index is -1.32. The first-order valence-corrected chi connectivity index (χ1v) is 11.8. The summed E-state index contributed by atoms with van der Waals surface area (Å²) in [6.07, 6.45) is -2.80. The molecule has 37 heavy (non-hydrogen) atoms. The fraction of sp³-hybridized carbons (Fsp3) is 0.222. The van der Waals surface area contributed by atoms with Crippen molar-refractivity contribution in [3.8, 4) is 0 Å². The number of benzene rings is 4. The molecule has 2 heterocycles. The van der Waals surface area contributed by atoms with Gasteiger partial charge in [0.2, 0.25) is 0 Å². The molecule has 0 radical (unpaired) electrons. The number of nitrogens with one attached hydrogen (secondary N) is 2. The van der Waals surface area contributed by atoms with Crippen molar-refractivity contribution in [1.29, 1.82) is 0 Å². The molecule has 1 aliphatic heterocycles. The largest absolute Gasteiger partial charge is 0.394 e. The zero-order valence-electron chi connectivity index (χ0n) is 19.4. The number of hydrogen-bond acceptors (Lipinski definition) is 8. The molecule has 6 rings (SSSR count). The summed E-state index contributed by atoms with van der Waals surface area (Å²) in [6.45, 7) is -0.526. The van der Waals surface area contributed by atoms with E-state index in [0.29, 0.717) is 11.8 Å². The van der Waals surface area contributed by atoms with Gasteiger partial charge in [-0.15, -0.1) is 0 Å². The maximum Gasteiger partial charge on any atom is 0.330 e. The van der Waals surface area contributed by atoms with Crippen LogP contribution in [-0.2, 0) is 14.4 Å². The molecule has 5 aromatic rings. The molecule has 0 spiro atoms. The summed E-state index contributed by atoms with van der Waals surface area (Å²) in [5.41, 5.74) is 2.04. The van der Waals surface area contributed by atoms with Crippen LogP contribution < -0.4 is 16.7 Å². The normalized spacial score (nSPS) is 22.8. The highest BCUT2D eigenvalue weighted by molar-refractivity contribution is 6.23. The molecule has 1 saturated heterocycles. The summed E-state index contributed by atoms with van der Waals surface area (Å²) in [4.78, 5) is 44.0. The minimum Gasteiger partial charge on any atom is -0.394 e. The van der Waals surface area contributed by atoms with Crippen molar-refractivity contribution in [3.63, 3.8) is 0 Å². The van der Waals surface area contributed by atoms with E-state index in [1.807, 2.05) is 48.5 Å². The van der Waals surface area contributed by atoms with Gasteiger partial charge in [-0.1, -0.05) is 54.6 Å². The molecular formula is C27H23N3O7. The molecule has 1 aliphatic rings. The van der Waals surface area contributed by atoms with E-state index in [1.54, 1.807) is 0 Å². The maximum absolute atomic E-state index is 12.4. The van der Waals surface area contributed by atoms with Crippen LogP contribution in [0.5, 0.6) is 0 Å². The number of nitrogens with zero attached hydrogens (tertiary/aromatic N) is 1. The number of hydrogen-bond donors (Lipinski definition) is 4. The lowest BCUT2D eigenvalue weighted by Crippen LogP contribution is -2.42. The molecule has 5 atom stereocenters. The van der Waals surface area contributed by atoms with Gasteiger partial charge in [0, 0.05) is 12.3 Å². The van der Waals surface area contributed by atoms with Crippen molar-refractivity contribution >= 4 is 38.6 Å². The Hall–Kier alpha value is -3.93. The van der Waals surface area contributed by atoms with Gasteiger partial charge >= 0.3 is 5.69 Å². The molecule has 0 amide bonds. The molecule has 1 unspecified atom stereocenters. The first-order valence-electron chi connectivity index (χ1n) is 11.8. The van der Waals surface area contributed by atoms with Crippen molar-refractivity contribution in [3.05, 3.63) is 93.3 Å². The van der Waals surface area contributed by atoms with Gasteiger partial charge in [-0.05, 0) is 37.9 Å². The SMILES string of the molecule is O=CC(NO[C@@H]1[C@@H](O)[C@@H](CO)O[C@H]1n1ccc(=O)[nH]c1=O)c1ccc2ccc3cccc4ccc1c2c34. The topological polar surface area (TPSA) is 143 Å². The smallest absolute Gasteiger partial charge is 0.330 e. The average Bonchev–Trinajstić information content (AvgIpc) is 3.23. The van der Waals surface area contributed by atoms with Crippen LogP contribution in [0.3, 0.4) is 0 Å².